The first kappa shape index (κ1) is 34.5. The number of aromatic nitrogens is 6. The molecule has 0 aliphatic rings. The van der Waals surface area contributed by atoms with Gasteiger partial charge in [0.1, 0.15) is 17.2 Å². The molecule has 0 atom stereocenters. The summed E-state index contributed by atoms with van der Waals surface area (Å²) in [6, 6.07) is 4.83. The molecule has 4 heterocycles. The smallest absolute Gasteiger partial charge is 0.161 e. The number of imidazole rings is 1. The fourth-order valence-corrected chi connectivity index (χ4v) is 4.66. The second-order valence-electron chi connectivity index (χ2n) is 9.53. The Balaban J connectivity index is 0.00000104. The van der Waals surface area contributed by atoms with Crippen LogP contribution in [0.4, 0.5) is 8.78 Å². The molecule has 4 aromatic heterocycles. The zero-order chi connectivity index (χ0) is 32.9. The van der Waals surface area contributed by atoms with Gasteiger partial charge >= 0.3 is 0 Å². The molecule has 234 valence electrons. The zero-order valence-corrected chi connectivity index (χ0v) is 26.5. The summed E-state index contributed by atoms with van der Waals surface area (Å²) in [7, 11) is 1.80. The fraction of sp³-hybridized carbons (Fsp3) is 0.229. The van der Waals surface area contributed by atoms with Crippen LogP contribution >= 0.6 is 0 Å². The van der Waals surface area contributed by atoms with Crippen molar-refractivity contribution in [1.29, 1.82) is 0 Å². The van der Waals surface area contributed by atoms with E-state index in [2.05, 4.69) is 61.3 Å². The Hall–Kier alpha value is -5.02. The van der Waals surface area contributed by atoms with Crippen LogP contribution in [0, 0.1) is 11.6 Å². The number of allylic oxidation sites excluding steroid dienone is 3. The first-order valence-corrected chi connectivity index (χ1v) is 14.7. The lowest BCUT2D eigenvalue weighted by Crippen LogP contribution is -2.15. The van der Waals surface area contributed by atoms with Crippen molar-refractivity contribution in [2.24, 2.45) is 0 Å². The zero-order valence-electron chi connectivity index (χ0n) is 26.5. The minimum Gasteiger partial charge on any atom is -0.335 e. The van der Waals surface area contributed by atoms with Crippen molar-refractivity contribution in [1.82, 2.24) is 40.8 Å². The molecule has 0 radical (unpaired) electrons. The van der Waals surface area contributed by atoms with Crippen molar-refractivity contribution in [2.45, 2.75) is 34.2 Å². The molecule has 4 N–H and O–H groups in total. The van der Waals surface area contributed by atoms with Gasteiger partial charge in [-0.05, 0) is 67.1 Å². The molecule has 0 unspecified atom stereocenters. The average Bonchev–Trinajstić information content (AvgIpc) is 3.68. The Morgan fingerprint density at radius 2 is 1.84 bits per heavy atom. The highest BCUT2D eigenvalue weighted by atomic mass is 19.1. The molecule has 0 saturated heterocycles. The van der Waals surface area contributed by atoms with E-state index in [1.165, 1.54) is 12.1 Å². The summed E-state index contributed by atoms with van der Waals surface area (Å²) >= 11 is 0. The van der Waals surface area contributed by atoms with E-state index in [-0.39, 0.29) is 16.9 Å². The predicted molar refractivity (Wildman–Crippen MR) is 181 cm³/mol. The van der Waals surface area contributed by atoms with E-state index in [0.29, 0.717) is 57.9 Å². The van der Waals surface area contributed by atoms with Gasteiger partial charge in [0, 0.05) is 24.8 Å². The van der Waals surface area contributed by atoms with Crippen LogP contribution in [-0.4, -0.2) is 50.3 Å². The van der Waals surface area contributed by atoms with Crippen LogP contribution in [0.15, 0.2) is 86.1 Å². The number of rotatable bonds is 10. The predicted octanol–water partition coefficient (Wildman–Crippen LogP) is 7.67. The molecule has 45 heavy (non-hydrogen) atoms. The quantitative estimate of drug-likeness (QED) is 0.0955. The first-order chi connectivity index (χ1) is 21.9. The number of pyridine rings is 2. The summed E-state index contributed by atoms with van der Waals surface area (Å²) in [6.45, 7) is 19.9. The number of hydrogen-bond donors (Lipinski definition) is 4. The van der Waals surface area contributed by atoms with Gasteiger partial charge in [0.2, 0.25) is 0 Å². The van der Waals surface area contributed by atoms with E-state index in [9.17, 15) is 4.39 Å². The molecule has 0 bridgehead atoms. The van der Waals surface area contributed by atoms with Gasteiger partial charge in [-0.1, -0.05) is 52.7 Å². The lowest BCUT2D eigenvalue weighted by atomic mass is 10.0. The van der Waals surface area contributed by atoms with E-state index < -0.39 is 5.82 Å². The number of benzene rings is 1. The van der Waals surface area contributed by atoms with Crippen LogP contribution in [0.2, 0.25) is 0 Å². The molecule has 8 nitrogen and oxygen atoms in total. The number of aromatic amines is 2. The largest absolute Gasteiger partial charge is 0.335 e. The molecule has 0 amide bonds. The topological polar surface area (TPSA) is 107 Å². The van der Waals surface area contributed by atoms with E-state index >= 15 is 4.39 Å². The molecule has 0 fully saturated rings. The molecule has 0 spiro atoms. The molecular formula is C35H40F2N8. The standard InChI is InChI=1S/C30H30F2N8.C3H4.C2H6/c1-5-17(13-34-7-3)8-19(6-2)27-26(32)25-23(16-36-27)39-40-29(25)30-37-24-15-35-14-22(28(24)38-30)20-9-18(12-33-4)10-21(31)11-20;1-3-2;1-2/h5-6,8-11,14-16,33-34H,1,7,12-13H2,2-4H3,(H,37,38)(H,39,40);1-2H2;1-2H3/b17-8+,19-6+;;. The van der Waals surface area contributed by atoms with E-state index in [4.69, 9.17) is 4.98 Å². The maximum atomic E-state index is 16.1. The summed E-state index contributed by atoms with van der Waals surface area (Å²) in [4.78, 5) is 16.7. The summed E-state index contributed by atoms with van der Waals surface area (Å²) in [5.74, 6) is -0.511. The number of halogens is 2. The van der Waals surface area contributed by atoms with E-state index in [1.807, 2.05) is 45.9 Å². The van der Waals surface area contributed by atoms with Gasteiger partial charge in [-0.3, -0.25) is 15.1 Å². The van der Waals surface area contributed by atoms with E-state index in [0.717, 1.165) is 17.7 Å². The summed E-state index contributed by atoms with van der Waals surface area (Å²) in [6.07, 6.45) is 10.3. The molecule has 1 aromatic carbocycles. The van der Waals surface area contributed by atoms with Crippen molar-refractivity contribution in [3.05, 3.63) is 109 Å². The lowest BCUT2D eigenvalue weighted by Gasteiger charge is -2.08. The Morgan fingerprint density at radius 1 is 1.09 bits per heavy atom. The monoisotopic (exact) mass is 610 g/mol. The maximum absolute atomic E-state index is 16.1. The molecular weight excluding hydrogens is 570 g/mol. The third kappa shape index (κ3) is 7.93. The number of hydrogen-bond acceptors (Lipinski definition) is 6. The first-order valence-electron chi connectivity index (χ1n) is 14.7. The number of nitrogens with zero attached hydrogens (tertiary/aromatic N) is 4. The SMILES string of the molecule is C=C/C(=C\C(=C/C)c1ncc2[nH]nc(-c3nc4c(-c5cc(F)cc(CNC)c5)cncc4[nH]3)c2c1F)CNCC.C=C=C.CC. The van der Waals surface area contributed by atoms with Crippen molar-refractivity contribution in [3.63, 3.8) is 0 Å². The van der Waals surface area contributed by atoms with Crippen LogP contribution in [0.1, 0.15) is 39.0 Å². The third-order valence-corrected chi connectivity index (χ3v) is 6.58. The van der Waals surface area contributed by atoms with Gasteiger partial charge in [-0.25, -0.2) is 13.8 Å². The second kappa shape index (κ2) is 16.7. The number of H-pyrrole nitrogens is 2. The number of nitrogens with one attached hydrogen (secondary N) is 4. The third-order valence-electron chi connectivity index (χ3n) is 6.58. The van der Waals surface area contributed by atoms with Crippen LogP contribution in [0.25, 0.3) is 50.2 Å². The van der Waals surface area contributed by atoms with Gasteiger partial charge in [0.15, 0.2) is 11.6 Å². The number of fused-ring (bicyclic) bond motifs is 2. The molecule has 0 aliphatic heterocycles. The molecule has 5 rings (SSSR count). The number of likely N-dealkylation sites (N-methyl/N-ethyl adjacent to an activating group) is 1. The minimum absolute atomic E-state index is 0.198. The Labute approximate surface area is 262 Å². The maximum Gasteiger partial charge on any atom is 0.161 e. The molecule has 0 aliphatic carbocycles. The summed E-state index contributed by atoms with van der Waals surface area (Å²) in [5, 5.41) is 13.8. The Kier molecular flexibility index (Phi) is 12.8. The fourth-order valence-electron chi connectivity index (χ4n) is 4.66. The lowest BCUT2D eigenvalue weighted by molar-refractivity contribution is 0.624. The van der Waals surface area contributed by atoms with Crippen molar-refractivity contribution < 1.29 is 8.78 Å². The Morgan fingerprint density at radius 3 is 2.51 bits per heavy atom. The molecule has 0 saturated carbocycles. The second-order valence-corrected chi connectivity index (χ2v) is 9.53. The van der Waals surface area contributed by atoms with Gasteiger partial charge in [0.05, 0.1) is 34.3 Å². The summed E-state index contributed by atoms with van der Waals surface area (Å²) in [5.41, 5.74) is 8.02. The van der Waals surface area contributed by atoms with Gasteiger partial charge in [-0.15, -0.1) is 5.73 Å². The van der Waals surface area contributed by atoms with Gasteiger partial charge < -0.3 is 15.6 Å². The van der Waals surface area contributed by atoms with Crippen LogP contribution in [-0.2, 0) is 6.54 Å². The van der Waals surface area contributed by atoms with Crippen LogP contribution < -0.4 is 10.6 Å². The van der Waals surface area contributed by atoms with E-state index in [1.54, 1.807) is 31.7 Å². The summed E-state index contributed by atoms with van der Waals surface area (Å²) < 4.78 is 30.5. The minimum atomic E-state index is -0.516. The van der Waals surface area contributed by atoms with Crippen molar-refractivity contribution >= 4 is 27.5 Å². The van der Waals surface area contributed by atoms with Crippen molar-refractivity contribution in [2.75, 3.05) is 20.1 Å². The highest BCUT2D eigenvalue weighted by Crippen LogP contribution is 2.34. The molecule has 10 heteroatoms. The van der Waals surface area contributed by atoms with Gasteiger partial charge in [-0.2, -0.15) is 5.10 Å². The Bertz CT molecular complexity index is 1860. The molecule has 5 aromatic rings. The van der Waals surface area contributed by atoms with Crippen LogP contribution in [0.5, 0.6) is 0 Å². The van der Waals surface area contributed by atoms with Crippen molar-refractivity contribution in [3.8, 4) is 22.6 Å². The normalized spacial score (nSPS) is 11.4. The van der Waals surface area contributed by atoms with Gasteiger partial charge in [0.25, 0.3) is 0 Å². The highest BCUT2D eigenvalue weighted by Gasteiger charge is 2.21. The highest BCUT2D eigenvalue weighted by molar-refractivity contribution is 5.97. The average molecular weight is 611 g/mol. The van der Waals surface area contributed by atoms with Crippen LogP contribution in [0.3, 0.4) is 0 Å².